The van der Waals surface area contributed by atoms with Gasteiger partial charge < -0.3 is 9.90 Å². The number of amides is 2. The lowest BCUT2D eigenvalue weighted by molar-refractivity contribution is -0.131. The zero-order valence-electron chi connectivity index (χ0n) is 19.9. The molecule has 0 aliphatic carbocycles. The molecule has 0 aromatic carbocycles. The summed E-state index contributed by atoms with van der Waals surface area (Å²) in [6, 6.07) is 0. The molecule has 0 saturated heterocycles. The first-order valence-electron chi connectivity index (χ1n) is 12.2. The van der Waals surface area contributed by atoms with Crippen molar-refractivity contribution in [3.63, 3.8) is 0 Å². The molecule has 2 N–H and O–H groups in total. The van der Waals surface area contributed by atoms with Gasteiger partial charge >= 0.3 is 0 Å². The van der Waals surface area contributed by atoms with E-state index in [-0.39, 0.29) is 24.3 Å². The first-order valence-corrected chi connectivity index (χ1v) is 12.2. The van der Waals surface area contributed by atoms with Crippen LogP contribution in [0.4, 0.5) is 0 Å². The number of hydrogen-bond donors (Lipinski definition) is 2. The van der Waals surface area contributed by atoms with Crippen molar-refractivity contribution in [2.75, 3.05) is 6.61 Å². The van der Waals surface area contributed by atoms with E-state index in [9.17, 15) is 14.4 Å². The summed E-state index contributed by atoms with van der Waals surface area (Å²) in [6.45, 7) is 7.37. The van der Waals surface area contributed by atoms with Crippen LogP contribution in [0.5, 0.6) is 0 Å². The Morgan fingerprint density at radius 3 is 2.23 bits per heavy atom. The molecule has 0 rings (SSSR count). The zero-order chi connectivity index (χ0) is 23.3. The normalized spacial score (nSPS) is 13.1. The summed E-state index contributed by atoms with van der Waals surface area (Å²) in [5, 5.41) is 11.5. The molecule has 2 amide bonds. The molecule has 0 aromatic heterocycles. The molecular weight excluding hydrogens is 390 g/mol. The average Bonchev–Trinajstić information content (AvgIpc) is 2.75. The average molecular weight is 436 g/mol. The van der Waals surface area contributed by atoms with E-state index < -0.39 is 5.91 Å². The fourth-order valence-corrected chi connectivity index (χ4v) is 3.53. The van der Waals surface area contributed by atoms with Crippen LogP contribution in [0.2, 0.25) is 0 Å². The third kappa shape index (κ3) is 16.6. The number of rotatable bonds is 20. The molecule has 0 aliphatic rings. The minimum Gasteiger partial charge on any atom is -0.396 e. The predicted molar refractivity (Wildman–Crippen MR) is 128 cm³/mol. The van der Waals surface area contributed by atoms with Gasteiger partial charge in [0.05, 0.1) is 0 Å². The number of hydrogen-bond acceptors (Lipinski definition) is 4. The molecule has 0 saturated carbocycles. The van der Waals surface area contributed by atoms with Gasteiger partial charge in [0.25, 0.3) is 5.91 Å². The van der Waals surface area contributed by atoms with Crippen LogP contribution in [0, 0.1) is 11.8 Å². The van der Waals surface area contributed by atoms with Crippen molar-refractivity contribution in [2.45, 2.75) is 104 Å². The molecule has 0 radical (unpaired) electrons. The van der Waals surface area contributed by atoms with Crippen molar-refractivity contribution in [1.82, 2.24) is 5.32 Å². The number of allylic oxidation sites excluding steroid dienone is 2. The van der Waals surface area contributed by atoms with Crippen LogP contribution in [-0.2, 0) is 14.4 Å². The second-order valence-electron chi connectivity index (χ2n) is 8.61. The van der Waals surface area contributed by atoms with Gasteiger partial charge in [0.1, 0.15) is 6.29 Å². The largest absolute Gasteiger partial charge is 0.396 e. The molecule has 0 aromatic rings. The first kappa shape index (κ1) is 29.2. The first-order chi connectivity index (χ1) is 15.0. The van der Waals surface area contributed by atoms with E-state index in [2.05, 4.69) is 31.0 Å². The van der Waals surface area contributed by atoms with E-state index in [1.807, 2.05) is 0 Å². The summed E-state index contributed by atoms with van der Waals surface area (Å²) < 4.78 is 0. The molecule has 178 valence electrons. The van der Waals surface area contributed by atoms with E-state index in [0.717, 1.165) is 64.1 Å². The highest BCUT2D eigenvalue weighted by Gasteiger charge is 2.20. The molecule has 0 spiro atoms. The highest BCUT2D eigenvalue weighted by Crippen LogP contribution is 2.18. The van der Waals surface area contributed by atoms with Crippen molar-refractivity contribution in [3.8, 4) is 0 Å². The molecule has 31 heavy (non-hydrogen) atoms. The monoisotopic (exact) mass is 435 g/mol. The fraction of sp³-hybridized carbons (Fsp3) is 0.731. The second kappa shape index (κ2) is 20.2. The number of carbonyl (C=O) groups is 3. The summed E-state index contributed by atoms with van der Waals surface area (Å²) in [6.07, 6.45) is 19.2. The molecule has 0 heterocycles. The van der Waals surface area contributed by atoms with Crippen LogP contribution in [0.3, 0.4) is 0 Å². The van der Waals surface area contributed by atoms with Gasteiger partial charge in [-0.2, -0.15) is 0 Å². The van der Waals surface area contributed by atoms with Gasteiger partial charge in [-0.25, -0.2) is 0 Å². The summed E-state index contributed by atoms with van der Waals surface area (Å²) in [5.41, 5.74) is 0.318. The lowest BCUT2D eigenvalue weighted by Crippen LogP contribution is -2.36. The second-order valence-corrected chi connectivity index (χ2v) is 8.61. The maximum Gasteiger partial charge on any atom is 0.252 e. The molecule has 5 nitrogen and oxygen atoms in total. The molecule has 2 unspecified atom stereocenters. The van der Waals surface area contributed by atoms with Crippen LogP contribution < -0.4 is 5.32 Å². The predicted octanol–water partition coefficient (Wildman–Crippen LogP) is 5.67. The Bertz CT molecular complexity index is 542. The van der Waals surface area contributed by atoms with Gasteiger partial charge in [0.15, 0.2) is 0 Å². The van der Waals surface area contributed by atoms with Gasteiger partial charge in [0, 0.05) is 24.0 Å². The molecule has 0 bridgehead atoms. The lowest BCUT2D eigenvalue weighted by atomic mass is 9.94. The van der Waals surface area contributed by atoms with Crippen molar-refractivity contribution < 1.29 is 19.5 Å². The molecule has 0 fully saturated rings. The SMILES string of the molecule is C=C(C)C(=O)NC(=O)C(CCCO)CCCCCCC=CCC(C=O)CCCCCC. The Hall–Kier alpha value is -1.75. The van der Waals surface area contributed by atoms with Gasteiger partial charge in [-0.15, -0.1) is 0 Å². The van der Waals surface area contributed by atoms with Crippen molar-refractivity contribution >= 4 is 18.1 Å². The van der Waals surface area contributed by atoms with E-state index >= 15 is 0 Å². The number of aliphatic hydroxyl groups excluding tert-OH is 1. The Morgan fingerprint density at radius 1 is 0.935 bits per heavy atom. The Labute approximate surface area is 189 Å². The number of aldehydes is 1. The minimum absolute atomic E-state index is 0.0498. The highest BCUT2D eigenvalue weighted by molar-refractivity contribution is 6.04. The molecule has 0 aliphatic heterocycles. The smallest absolute Gasteiger partial charge is 0.252 e. The number of aliphatic hydroxyl groups is 1. The van der Waals surface area contributed by atoms with Crippen molar-refractivity contribution in [2.24, 2.45) is 11.8 Å². The van der Waals surface area contributed by atoms with Crippen molar-refractivity contribution in [3.05, 3.63) is 24.3 Å². The Kier molecular flexibility index (Phi) is 19.0. The van der Waals surface area contributed by atoms with Gasteiger partial charge in [-0.1, -0.05) is 70.6 Å². The van der Waals surface area contributed by atoms with Crippen LogP contribution in [0.1, 0.15) is 104 Å². The maximum atomic E-state index is 12.3. The third-order valence-corrected chi connectivity index (χ3v) is 5.61. The van der Waals surface area contributed by atoms with E-state index in [1.165, 1.54) is 19.3 Å². The molecule has 2 atom stereocenters. The number of nitrogens with one attached hydrogen (secondary N) is 1. The number of imide groups is 1. The Morgan fingerprint density at radius 2 is 1.58 bits per heavy atom. The lowest BCUT2D eigenvalue weighted by Gasteiger charge is -2.15. The van der Waals surface area contributed by atoms with Crippen LogP contribution in [0.15, 0.2) is 24.3 Å². The van der Waals surface area contributed by atoms with Gasteiger partial charge in [-0.05, 0) is 51.9 Å². The van der Waals surface area contributed by atoms with Crippen LogP contribution in [0.25, 0.3) is 0 Å². The summed E-state index contributed by atoms with van der Waals surface area (Å²) in [4.78, 5) is 35.1. The minimum atomic E-state index is -0.427. The van der Waals surface area contributed by atoms with E-state index in [4.69, 9.17) is 5.11 Å². The Balaban J connectivity index is 4.00. The topological polar surface area (TPSA) is 83.5 Å². The number of unbranched alkanes of at least 4 members (excludes halogenated alkanes) is 7. The van der Waals surface area contributed by atoms with Crippen LogP contribution in [-0.4, -0.2) is 29.8 Å². The van der Waals surface area contributed by atoms with E-state index in [1.54, 1.807) is 6.92 Å². The maximum absolute atomic E-state index is 12.3. The fourth-order valence-electron chi connectivity index (χ4n) is 3.53. The third-order valence-electron chi connectivity index (χ3n) is 5.61. The summed E-state index contributed by atoms with van der Waals surface area (Å²) in [7, 11) is 0. The van der Waals surface area contributed by atoms with Crippen LogP contribution >= 0.6 is 0 Å². The highest BCUT2D eigenvalue weighted by atomic mass is 16.3. The van der Waals surface area contributed by atoms with Gasteiger partial charge in [0.2, 0.25) is 5.91 Å². The molecular formula is C26H45NO4. The van der Waals surface area contributed by atoms with Crippen molar-refractivity contribution in [1.29, 1.82) is 0 Å². The summed E-state index contributed by atoms with van der Waals surface area (Å²) in [5.74, 6) is -0.771. The quantitative estimate of drug-likeness (QED) is 0.112. The van der Waals surface area contributed by atoms with E-state index in [0.29, 0.717) is 18.4 Å². The molecule has 5 heteroatoms. The standard InChI is InChI=1S/C26H45NO4/c1-4-5-6-12-16-23(21-29)17-13-10-8-7-9-11-14-18-24(19-15-20-28)26(31)27-25(30)22(2)3/h10,13,21,23-24,28H,2,4-9,11-12,14-20H2,1,3H3,(H,27,30,31). The summed E-state index contributed by atoms with van der Waals surface area (Å²) >= 11 is 0. The number of carbonyl (C=O) groups excluding carboxylic acids is 3. The zero-order valence-corrected chi connectivity index (χ0v) is 19.9. The van der Waals surface area contributed by atoms with Gasteiger partial charge in [-0.3, -0.25) is 14.9 Å².